The lowest BCUT2D eigenvalue weighted by molar-refractivity contribution is 0.353. The number of rotatable bonds is 4. The molecular weight excluding hydrogens is 216 g/mol. The van der Waals surface area contributed by atoms with Gasteiger partial charge in [0.1, 0.15) is 6.07 Å². The third-order valence-corrected chi connectivity index (χ3v) is 3.46. The van der Waals surface area contributed by atoms with Gasteiger partial charge in [-0.3, -0.25) is 0 Å². The van der Waals surface area contributed by atoms with Crippen molar-refractivity contribution in [3.05, 3.63) is 23.3 Å². The normalized spacial score (nSPS) is 16.1. The molecule has 4 heteroatoms. The lowest BCUT2D eigenvalue weighted by Gasteiger charge is -2.17. The van der Waals surface area contributed by atoms with E-state index >= 15 is 0 Å². The summed E-state index contributed by atoms with van der Waals surface area (Å²) >= 11 is 0. The summed E-state index contributed by atoms with van der Waals surface area (Å²) in [4.78, 5) is 0. The van der Waals surface area contributed by atoms with Crippen LogP contribution in [0.15, 0.2) is 12.1 Å². The lowest BCUT2D eigenvalue weighted by atomic mass is 9.94. The SMILES string of the molecule is COc1cc(C2(CN)CC2)cc(C#N)c1OC. The lowest BCUT2D eigenvalue weighted by Crippen LogP contribution is -2.20. The Balaban J connectivity index is 2.54. The minimum atomic E-state index is 0.0468. The van der Waals surface area contributed by atoms with E-state index < -0.39 is 0 Å². The summed E-state index contributed by atoms with van der Waals surface area (Å²) in [5.41, 5.74) is 7.43. The molecule has 1 aromatic carbocycles. The summed E-state index contributed by atoms with van der Waals surface area (Å²) in [7, 11) is 3.11. The first-order chi connectivity index (χ1) is 8.20. The predicted molar refractivity (Wildman–Crippen MR) is 64.2 cm³/mol. The van der Waals surface area contributed by atoms with Crippen molar-refractivity contribution in [3.63, 3.8) is 0 Å². The minimum Gasteiger partial charge on any atom is -0.493 e. The third-order valence-electron chi connectivity index (χ3n) is 3.46. The first-order valence-electron chi connectivity index (χ1n) is 5.57. The second-order valence-electron chi connectivity index (χ2n) is 4.36. The molecule has 17 heavy (non-hydrogen) atoms. The summed E-state index contributed by atoms with van der Waals surface area (Å²) in [6.07, 6.45) is 2.15. The fourth-order valence-corrected chi connectivity index (χ4v) is 2.12. The van der Waals surface area contributed by atoms with Gasteiger partial charge in [0.15, 0.2) is 11.5 Å². The molecule has 90 valence electrons. The van der Waals surface area contributed by atoms with Gasteiger partial charge in [-0.25, -0.2) is 0 Å². The number of hydrogen-bond donors (Lipinski definition) is 1. The zero-order chi connectivity index (χ0) is 12.5. The van der Waals surface area contributed by atoms with Crippen molar-refractivity contribution in [2.75, 3.05) is 20.8 Å². The van der Waals surface area contributed by atoms with Gasteiger partial charge in [0.25, 0.3) is 0 Å². The Kier molecular flexibility index (Phi) is 2.95. The predicted octanol–water partition coefficient (Wildman–Crippen LogP) is 1.57. The molecule has 0 aliphatic heterocycles. The Morgan fingerprint density at radius 2 is 2.06 bits per heavy atom. The van der Waals surface area contributed by atoms with E-state index in [1.165, 1.54) is 7.11 Å². The zero-order valence-electron chi connectivity index (χ0n) is 10.1. The number of ether oxygens (including phenoxy) is 2. The van der Waals surface area contributed by atoms with E-state index in [9.17, 15) is 0 Å². The van der Waals surface area contributed by atoms with Crippen molar-refractivity contribution in [1.82, 2.24) is 0 Å². The number of nitrogens with two attached hydrogens (primary N) is 1. The molecule has 0 amide bonds. The van der Waals surface area contributed by atoms with Crippen LogP contribution < -0.4 is 15.2 Å². The molecule has 0 saturated heterocycles. The van der Waals surface area contributed by atoms with Gasteiger partial charge in [-0.15, -0.1) is 0 Å². The van der Waals surface area contributed by atoms with Crippen LogP contribution in [-0.2, 0) is 5.41 Å². The highest BCUT2D eigenvalue weighted by atomic mass is 16.5. The monoisotopic (exact) mass is 232 g/mol. The molecule has 1 fully saturated rings. The topological polar surface area (TPSA) is 68.3 Å². The Morgan fingerprint density at radius 3 is 2.47 bits per heavy atom. The molecule has 0 radical (unpaired) electrons. The molecule has 1 saturated carbocycles. The van der Waals surface area contributed by atoms with Crippen molar-refractivity contribution in [1.29, 1.82) is 5.26 Å². The van der Waals surface area contributed by atoms with Crippen LogP contribution in [0.2, 0.25) is 0 Å². The first-order valence-corrected chi connectivity index (χ1v) is 5.57. The van der Waals surface area contributed by atoms with Crippen molar-refractivity contribution < 1.29 is 9.47 Å². The molecule has 0 heterocycles. The van der Waals surface area contributed by atoms with Gasteiger partial charge in [-0.1, -0.05) is 0 Å². The van der Waals surface area contributed by atoms with Crippen LogP contribution in [-0.4, -0.2) is 20.8 Å². The quantitative estimate of drug-likeness (QED) is 0.855. The van der Waals surface area contributed by atoms with Crippen LogP contribution in [0.3, 0.4) is 0 Å². The highest BCUT2D eigenvalue weighted by molar-refractivity contribution is 5.57. The van der Waals surface area contributed by atoms with E-state index in [-0.39, 0.29) is 5.41 Å². The molecule has 0 aromatic heterocycles. The van der Waals surface area contributed by atoms with Crippen LogP contribution in [0.25, 0.3) is 0 Å². The maximum Gasteiger partial charge on any atom is 0.178 e. The van der Waals surface area contributed by atoms with Crippen LogP contribution in [0.5, 0.6) is 11.5 Å². The highest BCUT2D eigenvalue weighted by Gasteiger charge is 2.43. The van der Waals surface area contributed by atoms with Gasteiger partial charge >= 0.3 is 0 Å². The molecule has 2 N–H and O–H groups in total. The Hall–Kier alpha value is -1.73. The molecular formula is C13H16N2O2. The van der Waals surface area contributed by atoms with Crippen LogP contribution in [0.4, 0.5) is 0 Å². The van der Waals surface area contributed by atoms with E-state index in [4.69, 9.17) is 20.5 Å². The first kappa shape index (κ1) is 11.7. The highest BCUT2D eigenvalue weighted by Crippen LogP contribution is 2.49. The van der Waals surface area contributed by atoms with Gasteiger partial charge in [-0.2, -0.15) is 5.26 Å². The van der Waals surface area contributed by atoms with Crippen molar-refractivity contribution in [2.45, 2.75) is 18.3 Å². The molecule has 0 spiro atoms. The van der Waals surface area contributed by atoms with Gasteiger partial charge < -0.3 is 15.2 Å². The fourth-order valence-electron chi connectivity index (χ4n) is 2.12. The second kappa shape index (κ2) is 4.27. The number of methoxy groups -OCH3 is 2. The molecule has 1 aromatic rings. The van der Waals surface area contributed by atoms with E-state index in [1.807, 2.05) is 12.1 Å². The maximum atomic E-state index is 9.14. The molecule has 1 aliphatic rings. The minimum absolute atomic E-state index is 0.0468. The fraction of sp³-hybridized carbons (Fsp3) is 0.462. The van der Waals surface area contributed by atoms with E-state index in [2.05, 4.69) is 6.07 Å². The summed E-state index contributed by atoms with van der Waals surface area (Å²) in [5.74, 6) is 1.09. The summed E-state index contributed by atoms with van der Waals surface area (Å²) in [5, 5.41) is 9.14. The third kappa shape index (κ3) is 1.83. The number of hydrogen-bond acceptors (Lipinski definition) is 4. The van der Waals surface area contributed by atoms with Gasteiger partial charge in [-0.05, 0) is 30.5 Å². The number of nitrogens with zero attached hydrogens (tertiary/aromatic N) is 1. The van der Waals surface area contributed by atoms with E-state index in [0.29, 0.717) is 23.6 Å². The van der Waals surface area contributed by atoms with Gasteiger partial charge in [0.05, 0.1) is 19.8 Å². The van der Waals surface area contributed by atoms with Gasteiger partial charge in [0, 0.05) is 12.0 Å². The number of nitriles is 1. The smallest absolute Gasteiger partial charge is 0.178 e. The molecule has 0 bridgehead atoms. The molecule has 0 atom stereocenters. The van der Waals surface area contributed by atoms with Crippen molar-refractivity contribution >= 4 is 0 Å². The molecule has 1 aliphatic carbocycles. The average Bonchev–Trinajstić information content (AvgIpc) is 3.17. The Morgan fingerprint density at radius 1 is 1.35 bits per heavy atom. The molecule has 2 rings (SSSR count). The Labute approximate surface area is 101 Å². The standard InChI is InChI=1S/C13H16N2O2/c1-16-11-6-10(13(8-15)3-4-13)5-9(7-14)12(11)17-2/h5-6H,3-4,8,15H2,1-2H3. The van der Waals surface area contributed by atoms with Gasteiger partial charge in [0.2, 0.25) is 0 Å². The van der Waals surface area contributed by atoms with E-state index in [1.54, 1.807) is 7.11 Å². The van der Waals surface area contributed by atoms with Crippen molar-refractivity contribution in [2.24, 2.45) is 5.73 Å². The summed E-state index contributed by atoms with van der Waals surface area (Å²) < 4.78 is 10.5. The van der Waals surface area contributed by atoms with Crippen molar-refractivity contribution in [3.8, 4) is 17.6 Å². The second-order valence-corrected chi connectivity index (χ2v) is 4.36. The molecule has 0 unspecified atom stereocenters. The zero-order valence-corrected chi connectivity index (χ0v) is 10.1. The Bertz CT molecular complexity index is 473. The maximum absolute atomic E-state index is 9.14. The van der Waals surface area contributed by atoms with Crippen LogP contribution in [0, 0.1) is 11.3 Å². The summed E-state index contributed by atoms with van der Waals surface area (Å²) in [6.45, 7) is 0.605. The van der Waals surface area contributed by atoms with E-state index in [0.717, 1.165) is 18.4 Å². The number of benzene rings is 1. The van der Waals surface area contributed by atoms with Crippen LogP contribution >= 0.6 is 0 Å². The average molecular weight is 232 g/mol. The largest absolute Gasteiger partial charge is 0.493 e. The molecule has 4 nitrogen and oxygen atoms in total. The summed E-state index contributed by atoms with van der Waals surface area (Å²) in [6, 6.07) is 5.93. The van der Waals surface area contributed by atoms with Crippen LogP contribution in [0.1, 0.15) is 24.0 Å².